The average Bonchev–Trinajstić information content (AvgIpc) is 3.42. The highest BCUT2D eigenvalue weighted by molar-refractivity contribution is 5.99. The van der Waals surface area contributed by atoms with Crippen LogP contribution in [-0.4, -0.2) is 170 Å². The zero-order valence-corrected chi connectivity index (χ0v) is 44.3. The van der Waals surface area contributed by atoms with Crippen LogP contribution in [0.5, 0.6) is 11.5 Å². The molecule has 28 nitrogen and oxygen atoms in total. The summed E-state index contributed by atoms with van der Waals surface area (Å²) in [6, 6.07) is 5.73. The summed E-state index contributed by atoms with van der Waals surface area (Å²) in [6.07, 6.45) is -3.60. The number of hydrogen-bond acceptors (Lipinski definition) is 16. The van der Waals surface area contributed by atoms with E-state index in [1.165, 1.54) is 48.5 Å². The lowest BCUT2D eigenvalue weighted by Crippen LogP contribution is -2.62. The second kappa shape index (κ2) is 32.8. The summed E-state index contributed by atoms with van der Waals surface area (Å²) in [5.74, 6) is -12.2. The number of phenols is 2. The largest absolute Gasteiger partial charge is 0.508 e. The minimum atomic E-state index is -2.00. The Kier molecular flexibility index (Phi) is 26.8. The summed E-state index contributed by atoms with van der Waals surface area (Å²) in [5.41, 5.74) is 17.3. The van der Waals surface area contributed by atoms with Gasteiger partial charge in [-0.3, -0.25) is 48.1 Å². The van der Waals surface area contributed by atoms with E-state index in [9.17, 15) is 78.6 Å². The summed E-state index contributed by atoms with van der Waals surface area (Å²) in [4.78, 5) is 138. The molecule has 0 aliphatic carbocycles. The topological polar surface area (TPSA) is 479 Å². The first kappa shape index (κ1) is 65.4. The van der Waals surface area contributed by atoms with Gasteiger partial charge in [-0.25, -0.2) is 4.79 Å². The maximum absolute atomic E-state index is 14.4. The number of rotatable bonds is 33. The first-order chi connectivity index (χ1) is 37.8. The third kappa shape index (κ3) is 23.0. The van der Waals surface area contributed by atoms with Crippen LogP contribution in [0.15, 0.2) is 83.9 Å². The molecule has 0 saturated heterocycles. The number of amides is 8. The Morgan fingerprint density at radius 3 is 1.35 bits per heavy atom. The standard InChI is InChI=1S/C52H72N12O16/c1-27(2)20-35(57-41(69)25-53)48(76)64-43(28(3)66)50(78)62-39(24-42(70)71)47(75)60-38(23-31-13-17-33(68)18-14-31)46(74)63-40(26-65)49(77)61-36(21-29-8-5-4-6-9-29)45(73)59-37(22-30-11-15-32(67)16-12-30)44(72)58-34(51(79)80)10-7-19-56-52(54)55/h4-6,8-9,11-18,27-28,34-40,43,65-68H,7,10,19-26,53H2,1-3H3,(H,57,69)(H,58,72)(H,59,73)(H,60,75)(H,61,77)(H,62,78)(H,63,74)(H,64,76)(H,70,71)(H,79,80)(H4,54,55,56)/t28-,34+,35+,36+,37+,38+,39+,40+,43+/m1/s1. The molecule has 3 rings (SSSR count). The molecule has 0 heterocycles. The van der Waals surface area contributed by atoms with Gasteiger partial charge in [0.05, 0.1) is 25.7 Å². The summed E-state index contributed by atoms with van der Waals surface area (Å²) in [7, 11) is 0. The quantitative estimate of drug-likeness (QED) is 0.0157. The van der Waals surface area contributed by atoms with Crippen LogP contribution in [-0.2, 0) is 67.2 Å². The normalized spacial score (nSPS) is 14.3. The molecular formula is C52H72N12O16. The van der Waals surface area contributed by atoms with Crippen molar-refractivity contribution in [3.8, 4) is 11.5 Å². The predicted octanol–water partition coefficient (Wildman–Crippen LogP) is -4.01. The van der Waals surface area contributed by atoms with Crippen molar-refractivity contribution in [1.29, 1.82) is 0 Å². The minimum absolute atomic E-state index is 0.0443. The molecule has 28 heteroatoms. The minimum Gasteiger partial charge on any atom is -0.508 e. The van der Waals surface area contributed by atoms with Crippen LogP contribution in [0.25, 0.3) is 0 Å². The van der Waals surface area contributed by atoms with Gasteiger partial charge in [0, 0.05) is 25.8 Å². The Balaban J connectivity index is 1.95. The molecule has 8 amide bonds. The Hall–Kier alpha value is -8.89. The summed E-state index contributed by atoms with van der Waals surface area (Å²) in [5, 5.41) is 79.7. The van der Waals surface area contributed by atoms with Gasteiger partial charge in [-0.1, -0.05) is 68.4 Å². The molecule has 3 aromatic carbocycles. The SMILES string of the molecule is CC(C)C[C@H](NC(=O)CN)C(=O)N[C@H](C(=O)N[C@@H](CC(=O)O)C(=O)N[C@@H](Cc1ccc(O)cc1)C(=O)N[C@@H](CO)C(=O)N[C@@H](Cc1ccccc1)C(=O)N[C@@H](Cc1ccc(O)cc1)C(=O)N[C@@H](CCCN=C(N)N)C(=O)O)[C@@H](C)O. The lowest BCUT2D eigenvalue weighted by molar-refractivity contribution is -0.142. The van der Waals surface area contributed by atoms with Gasteiger partial charge in [0.15, 0.2) is 5.96 Å². The molecule has 0 fully saturated rings. The fourth-order valence-electron chi connectivity index (χ4n) is 7.79. The average molecular weight is 1120 g/mol. The number of nitrogens with zero attached hydrogens (tertiary/aromatic N) is 1. The van der Waals surface area contributed by atoms with E-state index in [-0.39, 0.29) is 67.6 Å². The number of nitrogens with one attached hydrogen (secondary N) is 8. The van der Waals surface area contributed by atoms with Crippen LogP contribution in [0, 0.1) is 5.92 Å². The number of nitrogens with two attached hydrogens (primary N) is 3. The second-order valence-corrected chi connectivity index (χ2v) is 19.0. The summed E-state index contributed by atoms with van der Waals surface area (Å²) < 4.78 is 0. The molecule has 0 aliphatic heterocycles. The Labute approximate surface area is 460 Å². The third-order valence-corrected chi connectivity index (χ3v) is 11.9. The zero-order chi connectivity index (χ0) is 59.6. The van der Waals surface area contributed by atoms with Crippen molar-refractivity contribution >= 4 is 65.2 Å². The lowest BCUT2D eigenvalue weighted by Gasteiger charge is -2.28. The third-order valence-electron chi connectivity index (χ3n) is 11.9. The van der Waals surface area contributed by atoms with E-state index in [1.54, 1.807) is 44.2 Å². The van der Waals surface area contributed by atoms with Gasteiger partial charge in [-0.05, 0) is 73.1 Å². The number of carboxylic acids is 2. The van der Waals surface area contributed by atoms with E-state index < -0.39 is 140 Å². The first-order valence-corrected chi connectivity index (χ1v) is 25.3. The summed E-state index contributed by atoms with van der Waals surface area (Å²) >= 11 is 0. The van der Waals surface area contributed by atoms with Crippen LogP contribution < -0.4 is 59.7 Å². The molecule has 0 saturated carbocycles. The number of guanidine groups is 1. The number of carboxylic acid groups (broad SMARTS) is 2. The molecule has 436 valence electrons. The number of hydrogen-bond donors (Lipinski definition) is 17. The molecule has 80 heavy (non-hydrogen) atoms. The molecular weight excluding hydrogens is 1050 g/mol. The van der Waals surface area contributed by atoms with Crippen molar-refractivity contribution in [3.63, 3.8) is 0 Å². The molecule has 0 bridgehead atoms. The number of aliphatic imine (C=N–C) groups is 1. The first-order valence-electron chi connectivity index (χ1n) is 25.3. The van der Waals surface area contributed by atoms with Gasteiger partial charge in [0.2, 0.25) is 47.3 Å². The number of aromatic hydroxyl groups is 2. The highest BCUT2D eigenvalue weighted by atomic mass is 16.4. The van der Waals surface area contributed by atoms with Crippen LogP contribution in [0.4, 0.5) is 0 Å². The Morgan fingerprint density at radius 1 is 0.525 bits per heavy atom. The number of carbonyl (C=O) groups excluding carboxylic acids is 8. The van der Waals surface area contributed by atoms with Gasteiger partial charge in [0.25, 0.3) is 0 Å². The molecule has 0 aromatic heterocycles. The highest BCUT2D eigenvalue weighted by Gasteiger charge is 2.37. The molecule has 0 radical (unpaired) electrons. The van der Waals surface area contributed by atoms with Gasteiger partial charge >= 0.3 is 11.9 Å². The fraction of sp³-hybridized carbons (Fsp3) is 0.442. The van der Waals surface area contributed by atoms with Crippen molar-refractivity contribution in [2.45, 2.75) is 120 Å². The molecule has 0 unspecified atom stereocenters. The Bertz CT molecular complexity index is 2620. The number of phenolic OH excluding ortho intramolecular Hbond substituents is 2. The van der Waals surface area contributed by atoms with Crippen LogP contribution >= 0.6 is 0 Å². The predicted molar refractivity (Wildman–Crippen MR) is 286 cm³/mol. The second-order valence-electron chi connectivity index (χ2n) is 19.0. The van der Waals surface area contributed by atoms with E-state index >= 15 is 0 Å². The van der Waals surface area contributed by atoms with E-state index in [4.69, 9.17) is 17.2 Å². The van der Waals surface area contributed by atoms with Gasteiger partial charge in [0.1, 0.15) is 59.8 Å². The number of aliphatic hydroxyl groups is 2. The maximum atomic E-state index is 14.4. The number of benzene rings is 3. The van der Waals surface area contributed by atoms with Crippen LogP contribution in [0.2, 0.25) is 0 Å². The van der Waals surface area contributed by atoms with Gasteiger partial charge < -0.3 is 90.4 Å². The van der Waals surface area contributed by atoms with E-state index in [2.05, 4.69) is 47.5 Å². The molecule has 9 atom stereocenters. The highest BCUT2D eigenvalue weighted by Crippen LogP contribution is 2.15. The number of carbonyl (C=O) groups is 10. The van der Waals surface area contributed by atoms with E-state index in [0.29, 0.717) is 11.1 Å². The van der Waals surface area contributed by atoms with Crippen molar-refractivity contribution in [1.82, 2.24) is 42.5 Å². The van der Waals surface area contributed by atoms with Crippen LogP contribution in [0.3, 0.4) is 0 Å². The van der Waals surface area contributed by atoms with E-state index in [1.807, 2.05) is 0 Å². The molecule has 0 aliphatic rings. The Morgan fingerprint density at radius 2 is 0.938 bits per heavy atom. The van der Waals surface area contributed by atoms with Crippen LogP contribution in [0.1, 0.15) is 63.1 Å². The maximum Gasteiger partial charge on any atom is 0.326 e. The van der Waals surface area contributed by atoms with Gasteiger partial charge in [-0.15, -0.1) is 0 Å². The van der Waals surface area contributed by atoms with E-state index in [0.717, 1.165) is 6.92 Å². The van der Waals surface area contributed by atoms with Crippen molar-refractivity contribution in [2.24, 2.45) is 28.1 Å². The van der Waals surface area contributed by atoms with Crippen molar-refractivity contribution < 1.29 is 78.6 Å². The van der Waals surface area contributed by atoms with Gasteiger partial charge in [-0.2, -0.15) is 0 Å². The lowest BCUT2D eigenvalue weighted by atomic mass is 10.0. The smallest absolute Gasteiger partial charge is 0.326 e. The van der Waals surface area contributed by atoms with Crippen molar-refractivity contribution in [2.75, 3.05) is 19.7 Å². The van der Waals surface area contributed by atoms with Crippen molar-refractivity contribution in [3.05, 3.63) is 95.6 Å². The molecule has 3 aromatic rings. The fourth-order valence-corrected chi connectivity index (χ4v) is 7.79. The molecule has 0 spiro atoms. The number of aliphatic hydroxyl groups excluding tert-OH is 2. The zero-order valence-electron chi connectivity index (χ0n) is 44.3. The molecule has 20 N–H and O–H groups in total. The summed E-state index contributed by atoms with van der Waals surface area (Å²) in [6.45, 7) is 3.06. The number of aliphatic carboxylic acids is 2. The monoisotopic (exact) mass is 1120 g/mol.